The number of aromatic nitrogens is 4. The van der Waals surface area contributed by atoms with E-state index in [2.05, 4.69) is 381 Å². The number of hydrogen-bond donors (Lipinski definition) is 0. The van der Waals surface area contributed by atoms with Gasteiger partial charge in [-0.1, -0.05) is 310 Å². The predicted molar refractivity (Wildman–Crippen MR) is 419 cm³/mol. The zero-order valence-corrected chi connectivity index (χ0v) is 54.6. The molecule has 0 amide bonds. The smallest absolute Gasteiger partial charge is 0.235 e. The van der Waals surface area contributed by atoms with Gasteiger partial charge in [-0.2, -0.15) is 0 Å². The van der Waals surface area contributed by atoms with Crippen LogP contribution >= 0.6 is 0 Å². The summed E-state index contributed by atoms with van der Waals surface area (Å²) in [4.78, 5) is 17.3. The van der Waals surface area contributed by atoms with E-state index in [-0.39, 0.29) is 0 Å². The Morgan fingerprint density at radius 1 is 0.293 bits per heavy atom. The molecule has 3 heterocycles. The van der Waals surface area contributed by atoms with E-state index in [1.165, 1.54) is 0 Å². The third-order valence-electron chi connectivity index (χ3n) is 19.1. The van der Waals surface area contributed by atoms with Crippen LogP contribution < -0.4 is 0 Å². The normalized spacial score (nSPS) is 11.8. The number of benzene rings is 14. The van der Waals surface area contributed by atoms with Crippen LogP contribution in [0.4, 0.5) is 0 Å². The Morgan fingerprint density at radius 3 is 0.949 bits per heavy atom. The monoisotopic (exact) mass is 1260 g/mol. The van der Waals surface area contributed by atoms with Crippen LogP contribution in [0.1, 0.15) is 18.1 Å². The minimum atomic E-state index is 0.536. The first-order chi connectivity index (χ1) is 48.9. The molecular formula is C94H65N5. The highest BCUT2D eigenvalue weighted by Crippen LogP contribution is 2.45. The van der Waals surface area contributed by atoms with Crippen LogP contribution in [0, 0.1) is 0 Å². The Kier molecular flexibility index (Phi) is 15.6. The summed E-state index contributed by atoms with van der Waals surface area (Å²) < 4.78 is 4.75. The van der Waals surface area contributed by atoms with Crippen LogP contribution in [0.15, 0.2) is 376 Å². The van der Waals surface area contributed by atoms with Gasteiger partial charge in [0.2, 0.25) is 5.95 Å². The lowest BCUT2D eigenvalue weighted by Crippen LogP contribution is -2.10. The maximum atomic E-state index is 5.85. The van der Waals surface area contributed by atoms with Gasteiger partial charge in [-0.05, 0) is 156 Å². The highest BCUT2D eigenvalue weighted by Gasteiger charge is 2.22. The Hall–Kier alpha value is -13.1. The molecule has 466 valence electrons. The molecule has 0 unspecified atom stereocenters. The van der Waals surface area contributed by atoms with E-state index in [4.69, 9.17) is 15.0 Å². The fourth-order valence-electron chi connectivity index (χ4n) is 14.4. The summed E-state index contributed by atoms with van der Waals surface area (Å²) in [5, 5.41) is 10.4. The molecule has 17 aromatic rings. The quantitative estimate of drug-likeness (QED) is 0.0736. The minimum absolute atomic E-state index is 0.536. The highest BCUT2D eigenvalue weighted by molar-refractivity contribution is 6.34. The van der Waals surface area contributed by atoms with Crippen molar-refractivity contribution in [1.82, 2.24) is 19.1 Å². The Balaban J connectivity index is 1.15. The van der Waals surface area contributed by atoms with Crippen molar-refractivity contribution in [2.24, 2.45) is 4.99 Å². The first kappa shape index (κ1) is 59.6. The molecule has 3 aromatic heterocycles. The molecule has 0 aliphatic carbocycles. The summed E-state index contributed by atoms with van der Waals surface area (Å²) >= 11 is 0. The molecule has 0 aliphatic rings. The molecule has 14 aromatic carbocycles. The molecule has 0 N–H and O–H groups in total. The summed E-state index contributed by atoms with van der Waals surface area (Å²) in [6.07, 6.45) is 2.13. The van der Waals surface area contributed by atoms with Crippen molar-refractivity contribution < 1.29 is 0 Å². The van der Waals surface area contributed by atoms with Crippen molar-refractivity contribution in [3.63, 3.8) is 0 Å². The molecule has 0 spiro atoms. The average Bonchev–Trinajstić information content (AvgIpc) is 1.60. The van der Waals surface area contributed by atoms with Gasteiger partial charge in [0.1, 0.15) is 5.84 Å². The Bertz CT molecular complexity index is 5810. The van der Waals surface area contributed by atoms with Crippen LogP contribution in [0.2, 0.25) is 0 Å². The summed E-state index contributed by atoms with van der Waals surface area (Å²) in [6.45, 7) is 6.81. The topological polar surface area (TPSA) is 48.0 Å². The zero-order chi connectivity index (χ0) is 66.2. The number of fused-ring (bicyclic) bond motifs is 8. The lowest BCUT2D eigenvalue weighted by Gasteiger charge is -2.17. The molecule has 0 fully saturated rings. The van der Waals surface area contributed by atoms with E-state index in [9.17, 15) is 0 Å². The molecular weight excluding hydrogens is 1200 g/mol. The van der Waals surface area contributed by atoms with Gasteiger partial charge in [0, 0.05) is 38.2 Å². The molecule has 0 saturated heterocycles. The molecule has 0 bridgehead atoms. The van der Waals surface area contributed by atoms with Gasteiger partial charge in [0.05, 0.1) is 39.2 Å². The summed E-state index contributed by atoms with van der Waals surface area (Å²) in [5.41, 5.74) is 19.8. The largest absolute Gasteiger partial charge is 0.297 e. The summed E-state index contributed by atoms with van der Waals surface area (Å²) in [6, 6.07) is 129. The highest BCUT2D eigenvalue weighted by atomic mass is 15.2. The second-order valence-electron chi connectivity index (χ2n) is 25.1. The summed E-state index contributed by atoms with van der Waals surface area (Å²) in [5.74, 6) is 1.30. The van der Waals surface area contributed by atoms with Crippen LogP contribution in [0.5, 0.6) is 0 Å². The molecule has 99 heavy (non-hydrogen) atoms. The third kappa shape index (κ3) is 11.3. The number of rotatable bonds is 11. The first-order valence-electron chi connectivity index (χ1n) is 33.7. The average molecular weight is 1260 g/mol. The van der Waals surface area contributed by atoms with Crippen molar-refractivity contribution in [2.75, 3.05) is 0 Å². The minimum Gasteiger partial charge on any atom is -0.297 e. The van der Waals surface area contributed by atoms with E-state index in [1.54, 1.807) is 0 Å². The molecule has 5 nitrogen and oxygen atoms in total. The lowest BCUT2D eigenvalue weighted by atomic mass is 9.92. The van der Waals surface area contributed by atoms with E-state index in [1.807, 2.05) is 6.07 Å². The fourth-order valence-corrected chi connectivity index (χ4v) is 14.4. The fraction of sp³-hybridized carbons (Fsp3) is 0.0106. The van der Waals surface area contributed by atoms with Gasteiger partial charge in [0.15, 0.2) is 0 Å². The van der Waals surface area contributed by atoms with Gasteiger partial charge >= 0.3 is 0 Å². The molecule has 0 aliphatic heterocycles. The van der Waals surface area contributed by atoms with E-state index in [0.29, 0.717) is 5.95 Å². The Morgan fingerprint density at radius 2 is 0.596 bits per heavy atom. The third-order valence-corrected chi connectivity index (χ3v) is 19.1. The van der Waals surface area contributed by atoms with Crippen molar-refractivity contribution >= 4 is 93.0 Å². The molecule has 0 radical (unpaired) electrons. The number of allylic oxidation sites excluding steroid dienone is 2. The van der Waals surface area contributed by atoms with Crippen LogP contribution in [-0.4, -0.2) is 24.9 Å². The van der Waals surface area contributed by atoms with Gasteiger partial charge in [-0.15, -0.1) is 0 Å². The lowest BCUT2D eigenvalue weighted by molar-refractivity contribution is 0.992. The van der Waals surface area contributed by atoms with Crippen LogP contribution in [-0.2, 0) is 0 Å². The molecule has 0 saturated carbocycles. The number of nitrogens with zero attached hydrogens (tertiary/aromatic N) is 5. The van der Waals surface area contributed by atoms with Crippen molar-refractivity contribution in [1.29, 1.82) is 0 Å². The van der Waals surface area contributed by atoms with Crippen molar-refractivity contribution in [3.8, 4) is 73.0 Å². The maximum Gasteiger partial charge on any atom is 0.235 e. The summed E-state index contributed by atoms with van der Waals surface area (Å²) in [7, 11) is 0. The second kappa shape index (κ2) is 25.9. The standard InChI is InChI=1S/C94H65N5/c1-63(65-29-11-3-12-30-65)57-85(70-39-21-8-22-40-70)95-64(2)98-88-53-49-73(66-31-13-4-14-32-66)58-81(88)77-45-27-47-79-83-60-75(68-35-17-6-18-36-68)51-55-90(83)99(94-96-86(71-41-23-9-24-42-71)62-87(97-94)72-43-25-10-26-44-72)91-56-52-76(69-37-19-7-20-38-69)61-84(91)80-48-28-46-78(93(80)92(77)79)82-59-74(50-54-89(82)98)67-33-15-5-16-34-67/h3-62H,1H2,2H3/b85-57-,95-64?. The first-order valence-corrected chi connectivity index (χ1v) is 33.7. The molecule has 0 atom stereocenters. The number of aliphatic imine (C=N–C) groups is 1. The maximum absolute atomic E-state index is 5.85. The molecule has 5 heteroatoms. The zero-order valence-electron chi connectivity index (χ0n) is 54.6. The predicted octanol–water partition coefficient (Wildman–Crippen LogP) is 24.9. The number of hydrogen-bond acceptors (Lipinski definition) is 3. The Labute approximate surface area is 575 Å². The van der Waals surface area contributed by atoms with Gasteiger partial charge in [-0.3, -0.25) is 9.13 Å². The van der Waals surface area contributed by atoms with E-state index >= 15 is 0 Å². The van der Waals surface area contributed by atoms with Crippen LogP contribution in [0.25, 0.3) is 160 Å². The van der Waals surface area contributed by atoms with E-state index < -0.39 is 0 Å². The molecule has 17 rings (SSSR count). The van der Waals surface area contributed by atoms with E-state index in [0.717, 1.165) is 171 Å². The second-order valence-corrected chi connectivity index (χ2v) is 25.1. The van der Waals surface area contributed by atoms with Gasteiger partial charge in [0.25, 0.3) is 0 Å². The van der Waals surface area contributed by atoms with Gasteiger partial charge < -0.3 is 0 Å². The van der Waals surface area contributed by atoms with Gasteiger partial charge in [-0.25, -0.2) is 15.0 Å². The van der Waals surface area contributed by atoms with Crippen molar-refractivity contribution in [2.45, 2.75) is 6.92 Å². The van der Waals surface area contributed by atoms with Crippen LogP contribution in [0.3, 0.4) is 0 Å². The SMILES string of the molecule is C=C(/C=C(\N=C(C)n1c2ccc(-c3ccccc3)cc2c2cccc3c4cc(-c5ccccc5)ccc4n(-c4nc(-c5ccccc5)cc(-c5ccccc5)n4)c4ccc(-c5ccccc5)cc4c4cccc(c5cc(-c6ccccc6)ccc51)c4c23)c1ccccc1)c1ccccc1. The van der Waals surface area contributed by atoms with Crippen molar-refractivity contribution in [3.05, 3.63) is 382 Å².